The van der Waals surface area contributed by atoms with Crippen LogP contribution in [0.3, 0.4) is 0 Å². The molecular weight excluding hydrogens is 380 g/mol. The maximum atomic E-state index is 12.8. The van der Waals surface area contributed by atoms with Crippen molar-refractivity contribution in [1.82, 2.24) is 15.3 Å². The van der Waals surface area contributed by atoms with Crippen molar-refractivity contribution in [2.45, 2.75) is 31.7 Å². The number of carbonyl (C=O) groups is 2. The van der Waals surface area contributed by atoms with Crippen molar-refractivity contribution in [3.8, 4) is 0 Å². The minimum absolute atomic E-state index is 0.0544. The average Bonchev–Trinajstić information content (AvgIpc) is 3.23. The topological polar surface area (TPSA) is 84.4 Å². The smallest absolute Gasteiger partial charge is 0.307 e. The monoisotopic (exact) mass is 402 g/mol. The van der Waals surface area contributed by atoms with Gasteiger partial charge in [-0.3, -0.25) is 9.59 Å². The molecule has 0 aliphatic carbocycles. The van der Waals surface area contributed by atoms with Crippen molar-refractivity contribution < 1.29 is 14.3 Å². The van der Waals surface area contributed by atoms with E-state index in [1.54, 1.807) is 0 Å². The molecule has 2 aromatic rings. The largest absolute Gasteiger partial charge is 0.469 e. The Morgan fingerprint density at radius 3 is 2.64 bits per heavy atom. The Morgan fingerprint density at radius 1 is 1.25 bits per heavy atom. The average molecular weight is 403 g/mol. The van der Waals surface area contributed by atoms with Crippen molar-refractivity contribution >= 4 is 29.4 Å². The second-order valence-corrected chi connectivity index (χ2v) is 7.11. The molecule has 1 aromatic heterocycles. The van der Waals surface area contributed by atoms with E-state index in [0.717, 1.165) is 31.5 Å². The Morgan fingerprint density at radius 2 is 1.96 bits per heavy atom. The van der Waals surface area contributed by atoms with Crippen LogP contribution in [0.4, 0.5) is 5.95 Å². The Labute approximate surface area is 169 Å². The zero-order valence-electron chi connectivity index (χ0n) is 15.7. The zero-order chi connectivity index (χ0) is 19.9. The molecular formula is C20H23ClN4O3. The number of methoxy groups -OCH3 is 1. The highest BCUT2D eigenvalue weighted by atomic mass is 35.5. The van der Waals surface area contributed by atoms with Crippen molar-refractivity contribution in [2.24, 2.45) is 0 Å². The van der Waals surface area contributed by atoms with E-state index in [0.29, 0.717) is 12.4 Å². The standard InChI is InChI=1S/C20H23ClN4O3/c1-28-17(26)12-15(11-14-7-3-2-4-8-14)23-19(27)18-16(21)13-22-20(24-18)25-9-5-6-10-25/h2-4,7-8,13,15H,5-6,9-12H2,1H3,(H,23,27). The zero-order valence-corrected chi connectivity index (χ0v) is 16.5. The van der Waals surface area contributed by atoms with Gasteiger partial charge in [0.1, 0.15) is 0 Å². The molecule has 0 spiro atoms. The van der Waals surface area contributed by atoms with Crippen LogP contribution in [0.25, 0.3) is 0 Å². The van der Waals surface area contributed by atoms with Crippen LogP contribution in [0.5, 0.6) is 0 Å². The number of anilines is 1. The van der Waals surface area contributed by atoms with Gasteiger partial charge in [-0.2, -0.15) is 0 Å². The first-order chi connectivity index (χ1) is 13.6. The molecule has 1 amide bonds. The number of hydrogen-bond donors (Lipinski definition) is 1. The Bertz CT molecular complexity index is 825. The van der Waals surface area contributed by atoms with Gasteiger partial charge in [-0.25, -0.2) is 9.97 Å². The molecule has 1 saturated heterocycles. The summed E-state index contributed by atoms with van der Waals surface area (Å²) in [4.78, 5) is 35.3. The van der Waals surface area contributed by atoms with Crippen molar-refractivity contribution in [2.75, 3.05) is 25.1 Å². The van der Waals surface area contributed by atoms with Gasteiger partial charge in [0.25, 0.3) is 5.91 Å². The molecule has 1 fully saturated rings. The minimum atomic E-state index is -0.441. The first-order valence-corrected chi connectivity index (χ1v) is 9.63. The van der Waals surface area contributed by atoms with Gasteiger partial charge < -0.3 is 15.0 Å². The molecule has 3 rings (SSSR count). The number of ether oxygens (including phenoxy) is 1. The van der Waals surface area contributed by atoms with Gasteiger partial charge in [0, 0.05) is 19.1 Å². The summed E-state index contributed by atoms with van der Waals surface area (Å²) in [5.41, 5.74) is 1.12. The van der Waals surface area contributed by atoms with Crippen LogP contribution in [0.15, 0.2) is 36.5 Å². The van der Waals surface area contributed by atoms with E-state index in [1.807, 2.05) is 35.2 Å². The van der Waals surface area contributed by atoms with Crippen molar-refractivity contribution in [3.63, 3.8) is 0 Å². The fraction of sp³-hybridized carbons (Fsp3) is 0.400. The van der Waals surface area contributed by atoms with Gasteiger partial charge in [-0.1, -0.05) is 41.9 Å². The third-order valence-electron chi connectivity index (χ3n) is 4.64. The fourth-order valence-corrected chi connectivity index (χ4v) is 3.37. The van der Waals surface area contributed by atoms with Crippen LogP contribution >= 0.6 is 11.6 Å². The van der Waals surface area contributed by atoms with E-state index in [-0.39, 0.29) is 17.1 Å². The Hall–Kier alpha value is -2.67. The van der Waals surface area contributed by atoms with Crippen LogP contribution in [0.1, 0.15) is 35.3 Å². The van der Waals surface area contributed by atoms with Crippen LogP contribution in [0, 0.1) is 0 Å². The van der Waals surface area contributed by atoms with Crippen LogP contribution in [0.2, 0.25) is 5.02 Å². The lowest BCUT2D eigenvalue weighted by Crippen LogP contribution is -2.39. The summed E-state index contributed by atoms with van der Waals surface area (Å²) in [5.74, 6) is -0.329. The number of rotatable bonds is 7. The molecule has 0 bridgehead atoms. The molecule has 0 saturated carbocycles. The van der Waals surface area contributed by atoms with E-state index >= 15 is 0 Å². The van der Waals surface area contributed by atoms with Gasteiger partial charge in [-0.15, -0.1) is 0 Å². The van der Waals surface area contributed by atoms with E-state index in [4.69, 9.17) is 16.3 Å². The van der Waals surface area contributed by atoms with E-state index in [2.05, 4.69) is 15.3 Å². The van der Waals surface area contributed by atoms with E-state index in [9.17, 15) is 9.59 Å². The van der Waals surface area contributed by atoms with Crippen LogP contribution in [-0.2, 0) is 16.0 Å². The number of hydrogen-bond acceptors (Lipinski definition) is 6. The molecule has 1 unspecified atom stereocenters. The van der Waals surface area contributed by atoms with Crippen molar-refractivity contribution in [3.05, 3.63) is 52.8 Å². The Kier molecular flexibility index (Phi) is 6.81. The number of aromatic nitrogens is 2. The van der Waals surface area contributed by atoms with Crippen LogP contribution < -0.4 is 10.2 Å². The maximum Gasteiger partial charge on any atom is 0.307 e. The lowest BCUT2D eigenvalue weighted by Gasteiger charge is -2.19. The third-order valence-corrected chi connectivity index (χ3v) is 4.91. The number of nitrogens with one attached hydrogen (secondary N) is 1. The molecule has 7 nitrogen and oxygen atoms in total. The molecule has 148 valence electrons. The number of benzene rings is 1. The maximum absolute atomic E-state index is 12.8. The van der Waals surface area contributed by atoms with Gasteiger partial charge in [0.05, 0.1) is 24.8 Å². The molecule has 1 atom stereocenters. The van der Waals surface area contributed by atoms with E-state index in [1.165, 1.54) is 13.3 Å². The third kappa shape index (κ3) is 5.19. The number of halogens is 1. The summed E-state index contributed by atoms with van der Waals surface area (Å²) in [6.45, 7) is 1.73. The molecule has 8 heteroatoms. The summed E-state index contributed by atoms with van der Waals surface area (Å²) in [7, 11) is 1.33. The molecule has 28 heavy (non-hydrogen) atoms. The van der Waals surface area contributed by atoms with Crippen LogP contribution in [-0.4, -0.2) is 48.1 Å². The summed E-state index contributed by atoms with van der Waals surface area (Å²) in [6.07, 6.45) is 4.14. The van der Waals surface area contributed by atoms with Gasteiger partial charge in [0.2, 0.25) is 5.95 Å². The predicted octanol–water partition coefficient (Wildman–Crippen LogP) is 2.63. The summed E-state index contributed by atoms with van der Waals surface area (Å²) in [6, 6.07) is 9.19. The Balaban J connectivity index is 1.76. The van der Waals surface area contributed by atoms with E-state index < -0.39 is 17.9 Å². The predicted molar refractivity (Wildman–Crippen MR) is 107 cm³/mol. The van der Waals surface area contributed by atoms with Gasteiger partial charge >= 0.3 is 5.97 Å². The lowest BCUT2D eigenvalue weighted by atomic mass is 10.0. The molecule has 1 aliphatic heterocycles. The SMILES string of the molecule is COC(=O)CC(Cc1ccccc1)NC(=O)c1nc(N2CCCC2)ncc1Cl. The fourth-order valence-electron chi connectivity index (χ4n) is 3.20. The summed E-state index contributed by atoms with van der Waals surface area (Å²) >= 11 is 6.18. The highest BCUT2D eigenvalue weighted by Gasteiger charge is 2.23. The number of nitrogens with zero attached hydrogens (tertiary/aromatic N) is 3. The lowest BCUT2D eigenvalue weighted by molar-refractivity contribution is -0.141. The summed E-state index contributed by atoms with van der Waals surface area (Å²) < 4.78 is 4.77. The first kappa shape index (κ1) is 20.1. The number of amides is 1. The van der Waals surface area contributed by atoms with Gasteiger partial charge in [0.15, 0.2) is 5.69 Å². The number of esters is 1. The highest BCUT2D eigenvalue weighted by Crippen LogP contribution is 2.20. The second-order valence-electron chi connectivity index (χ2n) is 6.70. The molecule has 1 N–H and O–H groups in total. The first-order valence-electron chi connectivity index (χ1n) is 9.26. The molecule has 0 radical (unpaired) electrons. The highest BCUT2D eigenvalue weighted by molar-refractivity contribution is 6.33. The molecule has 1 aromatic carbocycles. The molecule has 2 heterocycles. The number of carbonyl (C=O) groups excluding carboxylic acids is 2. The summed E-state index contributed by atoms with van der Waals surface area (Å²) in [5, 5.41) is 3.05. The minimum Gasteiger partial charge on any atom is -0.469 e. The van der Waals surface area contributed by atoms with Gasteiger partial charge in [-0.05, 0) is 24.8 Å². The normalized spacial score (nSPS) is 14.6. The quantitative estimate of drug-likeness (QED) is 0.717. The molecule has 1 aliphatic rings. The van der Waals surface area contributed by atoms with Crippen molar-refractivity contribution in [1.29, 1.82) is 0 Å². The second kappa shape index (κ2) is 9.50.